The number of ether oxygens (including phenoxy) is 1. The largest absolute Gasteiger partial charge is 0.481 e. The molecule has 0 unspecified atom stereocenters. The maximum absolute atomic E-state index is 12.3. The highest BCUT2D eigenvalue weighted by atomic mass is 127. The molecule has 0 aliphatic rings. The van der Waals surface area contributed by atoms with E-state index in [2.05, 4.69) is 27.9 Å². The second-order valence-corrected chi connectivity index (χ2v) is 6.72. The minimum absolute atomic E-state index is 0.148. The summed E-state index contributed by atoms with van der Waals surface area (Å²) in [6.07, 6.45) is -0.556. The molecule has 0 heterocycles. The number of halogens is 1. The number of hydrogen-bond acceptors (Lipinski definition) is 2. The third-order valence-corrected chi connectivity index (χ3v) is 4.13. The van der Waals surface area contributed by atoms with Gasteiger partial charge in [0.15, 0.2) is 6.10 Å². The lowest BCUT2D eigenvalue weighted by Gasteiger charge is -2.17. The van der Waals surface area contributed by atoms with Crippen molar-refractivity contribution in [1.82, 2.24) is 0 Å². The van der Waals surface area contributed by atoms with E-state index < -0.39 is 6.10 Å². The van der Waals surface area contributed by atoms with Crippen molar-refractivity contribution >= 4 is 34.2 Å². The van der Waals surface area contributed by atoms with Crippen molar-refractivity contribution in [3.8, 4) is 5.75 Å². The van der Waals surface area contributed by atoms with Gasteiger partial charge in [0.05, 0.1) is 0 Å². The molecular formula is C18H20INO2. The highest BCUT2D eigenvalue weighted by molar-refractivity contribution is 14.1. The van der Waals surface area contributed by atoms with Gasteiger partial charge in [0, 0.05) is 9.26 Å². The molecule has 0 aliphatic carbocycles. The Morgan fingerprint density at radius 3 is 2.50 bits per heavy atom. The predicted octanol–water partition coefficient (Wildman–Crippen LogP) is 4.62. The Morgan fingerprint density at radius 1 is 1.09 bits per heavy atom. The number of aryl methyl sites for hydroxylation is 3. The van der Waals surface area contributed by atoms with Crippen LogP contribution in [0.4, 0.5) is 5.69 Å². The van der Waals surface area contributed by atoms with E-state index in [1.165, 1.54) is 0 Å². The number of amides is 1. The summed E-state index contributed by atoms with van der Waals surface area (Å²) in [7, 11) is 0. The van der Waals surface area contributed by atoms with Crippen LogP contribution in [0.15, 0.2) is 36.4 Å². The second-order valence-electron chi connectivity index (χ2n) is 5.48. The Bertz CT molecular complexity index is 697. The summed E-state index contributed by atoms with van der Waals surface area (Å²) in [5, 5.41) is 2.92. The molecule has 0 bridgehead atoms. The lowest BCUT2D eigenvalue weighted by atomic mass is 10.1. The van der Waals surface area contributed by atoms with Gasteiger partial charge >= 0.3 is 0 Å². The first-order valence-electron chi connectivity index (χ1n) is 7.18. The van der Waals surface area contributed by atoms with Crippen LogP contribution in [0.25, 0.3) is 0 Å². The normalized spacial score (nSPS) is 11.9. The summed E-state index contributed by atoms with van der Waals surface area (Å²) in [4.78, 5) is 12.3. The first kappa shape index (κ1) is 16.8. The molecule has 116 valence electrons. The average molecular weight is 409 g/mol. The van der Waals surface area contributed by atoms with E-state index in [0.29, 0.717) is 0 Å². The summed E-state index contributed by atoms with van der Waals surface area (Å²) in [6, 6.07) is 11.9. The molecule has 1 N–H and O–H groups in total. The summed E-state index contributed by atoms with van der Waals surface area (Å²) >= 11 is 2.25. The van der Waals surface area contributed by atoms with Gasteiger partial charge < -0.3 is 10.1 Å². The molecule has 2 aromatic carbocycles. The quantitative estimate of drug-likeness (QED) is 0.749. The Kier molecular flexibility index (Phi) is 5.45. The van der Waals surface area contributed by atoms with E-state index in [4.69, 9.17) is 4.74 Å². The topological polar surface area (TPSA) is 38.3 Å². The fourth-order valence-electron chi connectivity index (χ4n) is 2.08. The predicted molar refractivity (Wildman–Crippen MR) is 98.5 cm³/mol. The third-order valence-electron chi connectivity index (χ3n) is 3.46. The van der Waals surface area contributed by atoms with E-state index in [-0.39, 0.29) is 5.91 Å². The summed E-state index contributed by atoms with van der Waals surface area (Å²) in [5.41, 5.74) is 4.00. The van der Waals surface area contributed by atoms with Crippen molar-refractivity contribution in [2.24, 2.45) is 0 Å². The zero-order valence-electron chi connectivity index (χ0n) is 13.2. The van der Waals surface area contributed by atoms with Crippen LogP contribution in [-0.2, 0) is 4.79 Å². The maximum Gasteiger partial charge on any atom is 0.265 e. The molecule has 0 saturated carbocycles. The molecule has 1 amide bonds. The van der Waals surface area contributed by atoms with E-state index in [9.17, 15) is 4.79 Å². The van der Waals surface area contributed by atoms with E-state index in [1.54, 1.807) is 6.92 Å². The van der Waals surface area contributed by atoms with Crippen LogP contribution in [0.2, 0.25) is 0 Å². The first-order chi connectivity index (χ1) is 10.4. The molecule has 22 heavy (non-hydrogen) atoms. The smallest absolute Gasteiger partial charge is 0.265 e. The number of carbonyl (C=O) groups is 1. The molecule has 2 aromatic rings. The van der Waals surface area contributed by atoms with Gasteiger partial charge in [0.25, 0.3) is 5.91 Å². The Balaban J connectivity index is 2.07. The van der Waals surface area contributed by atoms with Gasteiger partial charge in [-0.3, -0.25) is 4.79 Å². The number of hydrogen-bond donors (Lipinski definition) is 1. The van der Waals surface area contributed by atoms with Crippen molar-refractivity contribution in [2.75, 3.05) is 5.32 Å². The highest BCUT2D eigenvalue weighted by Crippen LogP contribution is 2.22. The lowest BCUT2D eigenvalue weighted by Crippen LogP contribution is -2.30. The molecule has 4 heteroatoms. The van der Waals surface area contributed by atoms with Crippen LogP contribution in [0.3, 0.4) is 0 Å². The van der Waals surface area contributed by atoms with E-state index in [0.717, 1.165) is 31.7 Å². The van der Waals surface area contributed by atoms with E-state index >= 15 is 0 Å². The van der Waals surface area contributed by atoms with Gasteiger partial charge in [-0.05, 0) is 91.2 Å². The number of benzene rings is 2. The van der Waals surface area contributed by atoms with Crippen LogP contribution in [0.5, 0.6) is 5.75 Å². The fourth-order valence-corrected chi connectivity index (χ4v) is 2.73. The van der Waals surface area contributed by atoms with Gasteiger partial charge in [-0.2, -0.15) is 0 Å². The molecule has 0 spiro atoms. The number of carbonyl (C=O) groups excluding carboxylic acids is 1. The molecule has 0 fully saturated rings. The minimum Gasteiger partial charge on any atom is -0.481 e. The second kappa shape index (κ2) is 7.13. The van der Waals surface area contributed by atoms with Crippen LogP contribution < -0.4 is 10.1 Å². The van der Waals surface area contributed by atoms with Crippen molar-refractivity contribution in [2.45, 2.75) is 33.8 Å². The average Bonchev–Trinajstić information content (AvgIpc) is 2.45. The van der Waals surface area contributed by atoms with Crippen molar-refractivity contribution in [1.29, 1.82) is 0 Å². The minimum atomic E-state index is -0.556. The van der Waals surface area contributed by atoms with E-state index in [1.807, 2.05) is 57.2 Å². The van der Waals surface area contributed by atoms with Crippen LogP contribution in [0, 0.1) is 24.3 Å². The van der Waals surface area contributed by atoms with Gasteiger partial charge in [0.2, 0.25) is 0 Å². The molecule has 0 aliphatic heterocycles. The summed E-state index contributed by atoms with van der Waals surface area (Å²) in [5.74, 6) is 0.604. The molecule has 0 saturated heterocycles. The SMILES string of the molecule is Cc1ccc(C)c(O[C@H](C)C(=O)Nc2ccc(I)cc2C)c1. The lowest BCUT2D eigenvalue weighted by molar-refractivity contribution is -0.122. The zero-order chi connectivity index (χ0) is 16.3. The van der Waals surface area contributed by atoms with Crippen molar-refractivity contribution in [3.63, 3.8) is 0 Å². The summed E-state index contributed by atoms with van der Waals surface area (Å²) < 4.78 is 6.96. The van der Waals surface area contributed by atoms with Gasteiger partial charge in [-0.15, -0.1) is 0 Å². The summed E-state index contributed by atoms with van der Waals surface area (Å²) in [6.45, 7) is 7.72. The Hall–Kier alpha value is -1.56. The van der Waals surface area contributed by atoms with Crippen LogP contribution >= 0.6 is 22.6 Å². The third kappa shape index (κ3) is 4.22. The number of rotatable bonds is 4. The molecule has 1 atom stereocenters. The van der Waals surface area contributed by atoms with Gasteiger partial charge in [-0.1, -0.05) is 12.1 Å². The van der Waals surface area contributed by atoms with Crippen molar-refractivity contribution < 1.29 is 9.53 Å². The first-order valence-corrected chi connectivity index (χ1v) is 8.25. The molecular weight excluding hydrogens is 389 g/mol. The zero-order valence-corrected chi connectivity index (χ0v) is 15.4. The van der Waals surface area contributed by atoms with Crippen molar-refractivity contribution in [3.05, 3.63) is 56.7 Å². The standard InChI is InChI=1S/C18H20INO2/c1-11-5-6-12(2)17(9-11)22-14(4)18(21)20-16-8-7-15(19)10-13(16)3/h5-10,14H,1-4H3,(H,20,21)/t14-/m1/s1. The van der Waals surface area contributed by atoms with Crippen LogP contribution in [-0.4, -0.2) is 12.0 Å². The molecule has 0 aromatic heterocycles. The molecule has 3 nitrogen and oxygen atoms in total. The Morgan fingerprint density at radius 2 is 1.82 bits per heavy atom. The van der Waals surface area contributed by atoms with Gasteiger partial charge in [0.1, 0.15) is 5.75 Å². The van der Waals surface area contributed by atoms with Gasteiger partial charge in [-0.25, -0.2) is 0 Å². The number of nitrogens with one attached hydrogen (secondary N) is 1. The fraction of sp³-hybridized carbons (Fsp3) is 0.278. The Labute approximate surface area is 145 Å². The maximum atomic E-state index is 12.3. The highest BCUT2D eigenvalue weighted by Gasteiger charge is 2.16. The monoisotopic (exact) mass is 409 g/mol. The number of anilines is 1. The van der Waals surface area contributed by atoms with Crippen LogP contribution in [0.1, 0.15) is 23.6 Å². The molecule has 2 rings (SSSR count). The molecule has 0 radical (unpaired) electrons.